The number of likely N-dealkylation sites (tertiary alicyclic amines) is 1. The van der Waals surface area contributed by atoms with E-state index in [4.69, 9.17) is 4.42 Å². The topological polar surface area (TPSA) is 36.7 Å². The number of carbonyl (C=O) groups is 1. The summed E-state index contributed by atoms with van der Waals surface area (Å²) < 4.78 is 5.92. The maximum absolute atomic E-state index is 12.6. The Hall–Kier alpha value is -1.81. The van der Waals surface area contributed by atoms with E-state index in [1.54, 1.807) is 0 Å². The van der Waals surface area contributed by atoms with E-state index in [-0.39, 0.29) is 5.92 Å². The fraction of sp³-hybridized carbons (Fsp3) is 0.526. The molecule has 124 valence electrons. The number of para-hydroxylation sites is 1. The lowest BCUT2D eigenvalue weighted by Gasteiger charge is -2.34. The average molecular weight is 314 g/mol. The molecule has 1 fully saturated rings. The van der Waals surface area contributed by atoms with Crippen molar-refractivity contribution >= 4 is 16.9 Å². The lowest BCUT2D eigenvalue weighted by atomic mass is 9.96. The van der Waals surface area contributed by atoms with Crippen LogP contribution in [0.2, 0.25) is 0 Å². The normalized spacial score (nSPS) is 19.1. The van der Waals surface area contributed by atoms with Gasteiger partial charge in [0, 0.05) is 25.0 Å². The molecule has 1 atom stereocenters. The largest absolute Gasteiger partial charge is 0.460 e. The molecule has 0 N–H and O–H groups in total. The molecule has 23 heavy (non-hydrogen) atoms. The van der Waals surface area contributed by atoms with E-state index in [2.05, 4.69) is 30.9 Å². The van der Waals surface area contributed by atoms with Crippen molar-refractivity contribution in [3.05, 3.63) is 36.1 Å². The summed E-state index contributed by atoms with van der Waals surface area (Å²) >= 11 is 0. The Morgan fingerprint density at radius 2 is 2.09 bits per heavy atom. The molecule has 0 spiro atoms. The van der Waals surface area contributed by atoms with Gasteiger partial charge < -0.3 is 9.32 Å². The fourth-order valence-corrected chi connectivity index (χ4v) is 3.53. The van der Waals surface area contributed by atoms with E-state index < -0.39 is 0 Å². The van der Waals surface area contributed by atoms with Crippen LogP contribution in [-0.4, -0.2) is 41.9 Å². The number of hydrogen-bond donors (Lipinski definition) is 0. The van der Waals surface area contributed by atoms with Crippen LogP contribution in [0.3, 0.4) is 0 Å². The molecule has 0 radical (unpaired) electrons. The lowest BCUT2D eigenvalue weighted by Crippen LogP contribution is -2.44. The number of carbonyl (C=O) groups excluding carboxylic acids is 1. The van der Waals surface area contributed by atoms with E-state index in [9.17, 15) is 4.79 Å². The zero-order valence-electron chi connectivity index (χ0n) is 14.1. The number of nitrogens with zero attached hydrogens (tertiary/aromatic N) is 2. The molecule has 1 aromatic heterocycles. The highest BCUT2D eigenvalue weighted by Crippen LogP contribution is 2.24. The number of furan rings is 1. The van der Waals surface area contributed by atoms with Gasteiger partial charge in [-0.05, 0) is 45.4 Å². The van der Waals surface area contributed by atoms with Crippen LogP contribution in [0.4, 0.5) is 0 Å². The van der Waals surface area contributed by atoms with Gasteiger partial charge >= 0.3 is 0 Å². The Balaban J connectivity index is 1.65. The van der Waals surface area contributed by atoms with Gasteiger partial charge in [-0.3, -0.25) is 9.69 Å². The van der Waals surface area contributed by atoms with E-state index in [1.807, 2.05) is 23.1 Å². The van der Waals surface area contributed by atoms with Gasteiger partial charge in [-0.1, -0.05) is 18.2 Å². The van der Waals surface area contributed by atoms with Crippen molar-refractivity contribution < 1.29 is 9.21 Å². The maximum Gasteiger partial charge on any atom is 0.226 e. The molecule has 4 nitrogen and oxygen atoms in total. The summed E-state index contributed by atoms with van der Waals surface area (Å²) in [6.45, 7) is 8.37. The molecule has 3 rings (SSSR count). The van der Waals surface area contributed by atoms with Crippen LogP contribution in [0, 0.1) is 5.92 Å². The van der Waals surface area contributed by atoms with E-state index in [1.165, 1.54) is 0 Å². The molecular formula is C19H26N2O2. The van der Waals surface area contributed by atoms with Gasteiger partial charge in [0.25, 0.3) is 0 Å². The third kappa shape index (κ3) is 3.58. The van der Waals surface area contributed by atoms with Crippen molar-refractivity contribution in [3.63, 3.8) is 0 Å². The van der Waals surface area contributed by atoms with Gasteiger partial charge in [0.15, 0.2) is 0 Å². The highest BCUT2D eigenvalue weighted by molar-refractivity contribution is 5.79. The van der Waals surface area contributed by atoms with E-state index >= 15 is 0 Å². The Bertz CT molecular complexity index is 627. The Labute approximate surface area is 138 Å². The van der Waals surface area contributed by atoms with Crippen molar-refractivity contribution in [1.82, 2.24) is 9.80 Å². The molecule has 0 bridgehead atoms. The molecule has 0 saturated carbocycles. The first-order chi connectivity index (χ1) is 11.2. The number of rotatable bonds is 5. The monoisotopic (exact) mass is 314 g/mol. The highest BCUT2D eigenvalue weighted by atomic mass is 16.3. The predicted molar refractivity (Wildman–Crippen MR) is 92.1 cm³/mol. The molecule has 1 aliphatic heterocycles. The second-order valence-corrected chi connectivity index (χ2v) is 6.34. The van der Waals surface area contributed by atoms with Crippen LogP contribution in [0.1, 0.15) is 32.4 Å². The van der Waals surface area contributed by atoms with Crippen LogP contribution in [0.15, 0.2) is 34.7 Å². The Kier molecular flexibility index (Phi) is 5.01. The number of piperidine rings is 1. The zero-order valence-corrected chi connectivity index (χ0v) is 14.1. The first-order valence-corrected chi connectivity index (χ1v) is 8.69. The Morgan fingerprint density at radius 3 is 2.83 bits per heavy atom. The molecule has 1 aliphatic rings. The average Bonchev–Trinajstić information content (AvgIpc) is 2.98. The van der Waals surface area contributed by atoms with E-state index in [0.29, 0.717) is 5.91 Å². The van der Waals surface area contributed by atoms with Gasteiger partial charge in [0.1, 0.15) is 11.3 Å². The Morgan fingerprint density at radius 1 is 1.30 bits per heavy atom. The minimum absolute atomic E-state index is 0.132. The van der Waals surface area contributed by atoms with Gasteiger partial charge in [-0.25, -0.2) is 0 Å². The van der Waals surface area contributed by atoms with Crippen molar-refractivity contribution in [2.45, 2.75) is 33.2 Å². The first-order valence-electron chi connectivity index (χ1n) is 8.69. The van der Waals surface area contributed by atoms with Gasteiger partial charge in [-0.2, -0.15) is 0 Å². The van der Waals surface area contributed by atoms with Crippen molar-refractivity contribution in [2.24, 2.45) is 5.92 Å². The number of hydrogen-bond acceptors (Lipinski definition) is 3. The van der Waals surface area contributed by atoms with Crippen LogP contribution in [0.25, 0.3) is 11.0 Å². The van der Waals surface area contributed by atoms with Crippen LogP contribution in [0.5, 0.6) is 0 Å². The number of amides is 1. The smallest absolute Gasteiger partial charge is 0.226 e. The molecular weight excluding hydrogens is 288 g/mol. The van der Waals surface area contributed by atoms with Crippen molar-refractivity contribution in [3.8, 4) is 0 Å². The van der Waals surface area contributed by atoms with Crippen LogP contribution in [-0.2, 0) is 11.3 Å². The molecule has 4 heteroatoms. The minimum Gasteiger partial charge on any atom is -0.460 e. The summed E-state index contributed by atoms with van der Waals surface area (Å²) in [5.41, 5.74) is 0.940. The molecule has 1 unspecified atom stereocenters. The maximum atomic E-state index is 12.6. The first kappa shape index (κ1) is 16.1. The second kappa shape index (κ2) is 7.18. The SMILES string of the molecule is CCN(CC)C(=O)C1CCCN(Cc2cc3ccccc3o2)C1. The standard InChI is InChI=1S/C19H26N2O2/c1-3-21(4-2)19(22)16-9-7-11-20(13-16)14-17-12-15-8-5-6-10-18(15)23-17/h5-6,8,10,12,16H,3-4,7,9,11,13-14H2,1-2H3. The second-order valence-electron chi connectivity index (χ2n) is 6.34. The number of benzene rings is 1. The van der Waals surface area contributed by atoms with Crippen LogP contribution >= 0.6 is 0 Å². The summed E-state index contributed by atoms with van der Waals surface area (Å²) in [6.07, 6.45) is 2.09. The van der Waals surface area contributed by atoms with Crippen molar-refractivity contribution in [1.29, 1.82) is 0 Å². The minimum atomic E-state index is 0.132. The zero-order chi connectivity index (χ0) is 16.2. The molecule has 0 aliphatic carbocycles. The van der Waals surface area contributed by atoms with E-state index in [0.717, 1.165) is 62.3 Å². The molecule has 1 amide bonds. The fourth-order valence-electron chi connectivity index (χ4n) is 3.53. The molecule has 2 aromatic rings. The van der Waals surface area contributed by atoms with Crippen LogP contribution < -0.4 is 0 Å². The summed E-state index contributed by atoms with van der Waals surface area (Å²) in [5.74, 6) is 1.43. The predicted octanol–water partition coefficient (Wildman–Crippen LogP) is 3.51. The lowest BCUT2D eigenvalue weighted by molar-refractivity contribution is -0.137. The summed E-state index contributed by atoms with van der Waals surface area (Å²) in [5, 5.41) is 1.15. The van der Waals surface area contributed by atoms with Gasteiger partial charge in [0.05, 0.1) is 12.5 Å². The molecule has 1 saturated heterocycles. The highest BCUT2D eigenvalue weighted by Gasteiger charge is 2.28. The quantitative estimate of drug-likeness (QED) is 0.847. The summed E-state index contributed by atoms with van der Waals surface area (Å²) in [6, 6.07) is 10.2. The third-order valence-electron chi connectivity index (χ3n) is 4.79. The van der Waals surface area contributed by atoms with Gasteiger partial charge in [-0.15, -0.1) is 0 Å². The number of fused-ring (bicyclic) bond motifs is 1. The van der Waals surface area contributed by atoms with Crippen molar-refractivity contribution in [2.75, 3.05) is 26.2 Å². The summed E-state index contributed by atoms with van der Waals surface area (Å²) in [7, 11) is 0. The van der Waals surface area contributed by atoms with Gasteiger partial charge in [0.2, 0.25) is 5.91 Å². The molecule has 1 aromatic carbocycles. The summed E-state index contributed by atoms with van der Waals surface area (Å²) in [4.78, 5) is 16.9. The molecule has 2 heterocycles. The third-order valence-corrected chi connectivity index (χ3v) is 4.79.